The Kier molecular flexibility index (Phi) is 5.91. The highest BCUT2D eigenvalue weighted by Crippen LogP contribution is 2.36. The summed E-state index contributed by atoms with van der Waals surface area (Å²) in [5.41, 5.74) is 3.70. The highest BCUT2D eigenvalue weighted by Gasteiger charge is 2.26. The van der Waals surface area contributed by atoms with Gasteiger partial charge >= 0.3 is 0 Å². The van der Waals surface area contributed by atoms with Gasteiger partial charge in [0, 0.05) is 33.6 Å². The normalized spacial score (nSPS) is 18.8. The summed E-state index contributed by atoms with van der Waals surface area (Å²) in [5.74, 6) is 0.0635. The van der Waals surface area contributed by atoms with Crippen LogP contribution in [0.1, 0.15) is 24.9 Å². The number of amides is 1. The number of hydrogen-bond donors (Lipinski definition) is 2. The topological polar surface area (TPSA) is 65.7 Å². The zero-order valence-corrected chi connectivity index (χ0v) is 15.4. The Balaban J connectivity index is 0.000000229. The number of likely N-dealkylation sites (tertiary alicyclic amines) is 1. The van der Waals surface area contributed by atoms with Gasteiger partial charge in [-0.05, 0) is 24.1 Å². The van der Waals surface area contributed by atoms with E-state index in [0.717, 1.165) is 25.1 Å². The molecule has 1 amide bonds. The standard InChI is InChI=1S/C15H22N2O2.C6H5N/c1-12(18)16(2)15(13-6-4-3-5-7-13)11-17-9-8-14(19)10-17;1-2-4-6-5(3-1)7-6/h3-7,14-15,19H,8-11H2,1-2H3;1-4,7H. The molecular formula is C21H27N3O2. The van der Waals surface area contributed by atoms with Gasteiger partial charge in [0.1, 0.15) is 0 Å². The summed E-state index contributed by atoms with van der Waals surface area (Å²) in [6.45, 7) is 3.97. The Hall–Kier alpha value is -2.37. The van der Waals surface area contributed by atoms with Gasteiger partial charge < -0.3 is 15.3 Å². The molecule has 2 aromatic carbocycles. The zero-order chi connectivity index (χ0) is 18.5. The second-order valence-corrected chi connectivity index (χ2v) is 6.93. The number of benzene rings is 2. The highest BCUT2D eigenvalue weighted by atomic mass is 16.3. The molecule has 138 valence electrons. The minimum absolute atomic E-state index is 0.0454. The lowest BCUT2D eigenvalue weighted by Crippen LogP contribution is -2.38. The van der Waals surface area contributed by atoms with Crippen LogP contribution in [-0.2, 0) is 4.79 Å². The fourth-order valence-electron chi connectivity index (χ4n) is 3.25. The van der Waals surface area contributed by atoms with Crippen molar-refractivity contribution in [3.05, 3.63) is 60.2 Å². The number of anilines is 2. The molecule has 2 heterocycles. The third-order valence-electron chi connectivity index (χ3n) is 4.96. The predicted octanol–water partition coefficient (Wildman–Crippen LogP) is 3.02. The summed E-state index contributed by atoms with van der Waals surface area (Å²) in [5, 5.41) is 12.7. The van der Waals surface area contributed by atoms with Crippen LogP contribution in [0.25, 0.3) is 0 Å². The molecule has 2 aromatic rings. The maximum Gasteiger partial charge on any atom is 0.219 e. The van der Waals surface area contributed by atoms with Crippen molar-refractivity contribution in [3.63, 3.8) is 0 Å². The number of β-amino-alcohol motifs (C(OH)–C–C–N with tert-alkyl or cyclic N) is 1. The summed E-state index contributed by atoms with van der Waals surface area (Å²) in [7, 11) is 1.84. The van der Waals surface area contributed by atoms with Crippen LogP contribution in [0.15, 0.2) is 54.6 Å². The van der Waals surface area contributed by atoms with Crippen molar-refractivity contribution in [1.82, 2.24) is 9.80 Å². The minimum Gasteiger partial charge on any atom is -0.392 e. The summed E-state index contributed by atoms with van der Waals surface area (Å²) in [6, 6.07) is 18.3. The molecule has 0 aliphatic carbocycles. The average molecular weight is 353 g/mol. The molecule has 2 atom stereocenters. The number of fused-ring (bicyclic) bond motifs is 1. The van der Waals surface area contributed by atoms with Gasteiger partial charge in [0.15, 0.2) is 0 Å². The number of carbonyl (C=O) groups excluding carboxylic acids is 1. The van der Waals surface area contributed by atoms with E-state index in [-0.39, 0.29) is 18.1 Å². The van der Waals surface area contributed by atoms with Gasteiger partial charge in [0.25, 0.3) is 0 Å². The van der Waals surface area contributed by atoms with Crippen molar-refractivity contribution >= 4 is 17.3 Å². The Morgan fingerprint density at radius 1 is 1.19 bits per heavy atom. The maximum absolute atomic E-state index is 11.7. The third-order valence-corrected chi connectivity index (χ3v) is 4.96. The van der Waals surface area contributed by atoms with Gasteiger partial charge in [-0.25, -0.2) is 0 Å². The lowest BCUT2D eigenvalue weighted by Gasteiger charge is -2.31. The fourth-order valence-corrected chi connectivity index (χ4v) is 3.25. The summed E-state index contributed by atoms with van der Waals surface area (Å²) >= 11 is 0. The Labute approximate surface area is 155 Å². The molecule has 0 saturated carbocycles. The molecule has 0 bridgehead atoms. The van der Waals surface area contributed by atoms with Gasteiger partial charge in [-0.1, -0.05) is 42.5 Å². The lowest BCUT2D eigenvalue weighted by molar-refractivity contribution is -0.130. The molecule has 5 heteroatoms. The number of rotatable bonds is 4. The molecule has 0 aromatic heterocycles. The van der Waals surface area contributed by atoms with Crippen LogP contribution in [0, 0.1) is 0 Å². The molecule has 0 radical (unpaired) electrons. The Morgan fingerprint density at radius 2 is 1.81 bits per heavy atom. The first-order valence-electron chi connectivity index (χ1n) is 9.09. The third kappa shape index (κ3) is 4.84. The summed E-state index contributed by atoms with van der Waals surface area (Å²) < 4.78 is 0. The van der Waals surface area contributed by atoms with E-state index in [0.29, 0.717) is 6.54 Å². The van der Waals surface area contributed by atoms with Gasteiger partial charge in [0.2, 0.25) is 5.91 Å². The van der Waals surface area contributed by atoms with Crippen molar-refractivity contribution in [1.29, 1.82) is 0 Å². The second-order valence-electron chi connectivity index (χ2n) is 6.93. The van der Waals surface area contributed by atoms with Crippen LogP contribution in [0.5, 0.6) is 0 Å². The van der Waals surface area contributed by atoms with Crippen molar-refractivity contribution in [2.45, 2.75) is 25.5 Å². The molecule has 2 aliphatic rings. The van der Waals surface area contributed by atoms with Gasteiger partial charge in [0.05, 0.1) is 23.5 Å². The SMILES string of the molecule is CC(=O)N(C)C(CN1CCC(O)C1)c1ccccc1.c1ccc2c(c1)N2. The van der Waals surface area contributed by atoms with E-state index < -0.39 is 0 Å². The lowest BCUT2D eigenvalue weighted by atomic mass is 10.1. The van der Waals surface area contributed by atoms with E-state index in [9.17, 15) is 9.90 Å². The van der Waals surface area contributed by atoms with E-state index in [2.05, 4.69) is 34.5 Å². The van der Waals surface area contributed by atoms with Gasteiger partial charge in [-0.3, -0.25) is 9.69 Å². The molecule has 1 saturated heterocycles. The van der Waals surface area contributed by atoms with E-state index in [1.165, 1.54) is 11.4 Å². The van der Waals surface area contributed by atoms with E-state index in [1.54, 1.807) is 11.8 Å². The quantitative estimate of drug-likeness (QED) is 0.708. The molecule has 4 rings (SSSR count). The molecule has 2 aliphatic heterocycles. The number of aliphatic hydroxyl groups excluding tert-OH is 1. The van der Waals surface area contributed by atoms with Crippen LogP contribution in [0.2, 0.25) is 0 Å². The molecule has 2 unspecified atom stereocenters. The van der Waals surface area contributed by atoms with Crippen LogP contribution in [-0.4, -0.2) is 53.6 Å². The van der Waals surface area contributed by atoms with Crippen LogP contribution >= 0.6 is 0 Å². The summed E-state index contributed by atoms with van der Waals surface area (Å²) in [4.78, 5) is 15.7. The first-order chi connectivity index (χ1) is 12.5. The molecule has 1 fully saturated rings. The van der Waals surface area contributed by atoms with Crippen molar-refractivity contribution < 1.29 is 9.90 Å². The van der Waals surface area contributed by atoms with E-state index in [4.69, 9.17) is 0 Å². The predicted molar refractivity (Wildman–Crippen MR) is 104 cm³/mol. The van der Waals surface area contributed by atoms with Gasteiger partial charge in [-0.15, -0.1) is 0 Å². The average Bonchev–Trinajstić information content (AvgIpc) is 3.34. The number of nitrogens with one attached hydrogen (secondary N) is 1. The van der Waals surface area contributed by atoms with Crippen molar-refractivity contribution in [3.8, 4) is 0 Å². The second kappa shape index (κ2) is 8.34. The number of likely N-dealkylation sites (N-methyl/N-ethyl adjacent to an activating group) is 1. The summed E-state index contributed by atoms with van der Waals surface area (Å²) in [6.07, 6.45) is 0.602. The number of carbonyl (C=O) groups is 1. The molecule has 5 nitrogen and oxygen atoms in total. The number of aliphatic hydroxyl groups is 1. The molecule has 26 heavy (non-hydrogen) atoms. The zero-order valence-electron chi connectivity index (χ0n) is 15.4. The molecule has 2 N–H and O–H groups in total. The largest absolute Gasteiger partial charge is 0.392 e. The van der Waals surface area contributed by atoms with Crippen molar-refractivity contribution in [2.75, 3.05) is 32.0 Å². The Morgan fingerprint density at radius 3 is 2.31 bits per heavy atom. The smallest absolute Gasteiger partial charge is 0.219 e. The molecule has 0 spiro atoms. The minimum atomic E-state index is -0.223. The first-order valence-corrected chi connectivity index (χ1v) is 9.09. The Bertz CT molecular complexity index is 714. The van der Waals surface area contributed by atoms with Gasteiger partial charge in [-0.2, -0.15) is 0 Å². The van der Waals surface area contributed by atoms with Crippen LogP contribution in [0.4, 0.5) is 11.4 Å². The fraction of sp³-hybridized carbons (Fsp3) is 0.381. The number of nitrogens with zero attached hydrogens (tertiary/aromatic N) is 2. The van der Waals surface area contributed by atoms with E-state index in [1.807, 2.05) is 37.4 Å². The first kappa shape index (κ1) is 18.4. The monoisotopic (exact) mass is 353 g/mol. The van der Waals surface area contributed by atoms with Crippen molar-refractivity contribution in [2.24, 2.45) is 0 Å². The maximum atomic E-state index is 11.7. The highest BCUT2D eigenvalue weighted by molar-refractivity contribution is 5.89. The van der Waals surface area contributed by atoms with Crippen LogP contribution in [0.3, 0.4) is 0 Å². The molecular weight excluding hydrogens is 326 g/mol. The number of hydrogen-bond acceptors (Lipinski definition) is 4. The number of para-hydroxylation sites is 2. The van der Waals surface area contributed by atoms with E-state index >= 15 is 0 Å². The van der Waals surface area contributed by atoms with Crippen LogP contribution < -0.4 is 5.32 Å².